The zero-order chi connectivity index (χ0) is 15.3. The number of sulfone groups is 1. The first kappa shape index (κ1) is 15.7. The Morgan fingerprint density at radius 3 is 2.71 bits per heavy atom. The van der Waals surface area contributed by atoms with Crippen LogP contribution in [0.4, 0.5) is 0 Å². The van der Waals surface area contributed by atoms with Crippen molar-refractivity contribution in [2.24, 2.45) is 10.9 Å². The third-order valence-corrected chi connectivity index (χ3v) is 4.90. The van der Waals surface area contributed by atoms with Crippen molar-refractivity contribution < 1.29 is 23.1 Å². The van der Waals surface area contributed by atoms with Crippen molar-refractivity contribution in [3.8, 4) is 0 Å². The van der Waals surface area contributed by atoms with E-state index >= 15 is 0 Å². The lowest BCUT2D eigenvalue weighted by Crippen LogP contribution is -2.19. The maximum Gasteiger partial charge on any atom is 0.180 e. The van der Waals surface area contributed by atoms with Crippen LogP contribution < -0.4 is 5.73 Å². The van der Waals surface area contributed by atoms with E-state index in [2.05, 4.69) is 5.16 Å². The fourth-order valence-corrected chi connectivity index (χ4v) is 3.08. The Labute approximate surface area is 123 Å². The highest BCUT2D eigenvalue weighted by molar-refractivity contribution is 7.91. The van der Waals surface area contributed by atoms with Gasteiger partial charge >= 0.3 is 0 Å². The van der Waals surface area contributed by atoms with Crippen LogP contribution in [0, 0.1) is 0 Å². The van der Waals surface area contributed by atoms with Crippen molar-refractivity contribution in [1.29, 1.82) is 0 Å². The van der Waals surface area contributed by atoms with Gasteiger partial charge in [0.25, 0.3) is 0 Å². The van der Waals surface area contributed by atoms with E-state index in [1.807, 2.05) is 0 Å². The first-order valence-electron chi connectivity index (χ1n) is 6.53. The molecule has 0 aromatic heterocycles. The molecule has 1 aromatic carbocycles. The van der Waals surface area contributed by atoms with Crippen molar-refractivity contribution in [2.45, 2.75) is 17.4 Å². The Morgan fingerprint density at radius 2 is 2.14 bits per heavy atom. The standard InChI is InChI=1S/C13H18N2O5S/c14-13(15-16)10-1-3-12(4-2-10)21(17,18)8-7-20-11-5-6-19-9-11/h1-4,11,16H,5-9H2,(H2,14,15). The number of oxime groups is 1. The lowest BCUT2D eigenvalue weighted by Gasteiger charge is -2.10. The van der Waals surface area contributed by atoms with Crippen LogP contribution in [0.5, 0.6) is 0 Å². The van der Waals surface area contributed by atoms with Gasteiger partial charge in [-0.2, -0.15) is 0 Å². The Kier molecular flexibility index (Phi) is 5.16. The number of nitrogens with two attached hydrogens (primary N) is 1. The molecule has 8 heteroatoms. The van der Waals surface area contributed by atoms with E-state index in [-0.39, 0.29) is 29.2 Å². The molecule has 116 valence electrons. The monoisotopic (exact) mass is 314 g/mol. The first-order valence-corrected chi connectivity index (χ1v) is 8.18. The SMILES string of the molecule is N/C(=N/O)c1ccc(S(=O)(=O)CCOC2CCOC2)cc1. The first-order chi connectivity index (χ1) is 10.0. The van der Waals surface area contributed by atoms with E-state index in [9.17, 15) is 8.42 Å². The average Bonchev–Trinajstić information content (AvgIpc) is 2.99. The van der Waals surface area contributed by atoms with Gasteiger partial charge in [-0.25, -0.2) is 8.42 Å². The van der Waals surface area contributed by atoms with Crippen LogP contribution in [0.15, 0.2) is 34.3 Å². The molecule has 1 atom stereocenters. The van der Waals surface area contributed by atoms with E-state index in [1.165, 1.54) is 24.3 Å². The van der Waals surface area contributed by atoms with E-state index in [1.54, 1.807) is 0 Å². The molecule has 21 heavy (non-hydrogen) atoms. The summed E-state index contributed by atoms with van der Waals surface area (Å²) in [5.74, 6) is -0.157. The predicted molar refractivity (Wildman–Crippen MR) is 76.2 cm³/mol. The second-order valence-electron chi connectivity index (χ2n) is 4.68. The number of ether oxygens (including phenoxy) is 2. The van der Waals surface area contributed by atoms with Gasteiger partial charge in [-0.1, -0.05) is 5.16 Å². The summed E-state index contributed by atoms with van der Waals surface area (Å²) in [7, 11) is -3.41. The quantitative estimate of drug-likeness (QED) is 0.339. The molecule has 0 saturated carbocycles. The molecule has 0 spiro atoms. The highest BCUT2D eigenvalue weighted by Gasteiger charge is 2.19. The summed E-state index contributed by atoms with van der Waals surface area (Å²) in [6.07, 6.45) is 0.789. The summed E-state index contributed by atoms with van der Waals surface area (Å²) >= 11 is 0. The van der Waals surface area contributed by atoms with Crippen LogP contribution in [-0.4, -0.2) is 51.1 Å². The normalized spacial score (nSPS) is 19.8. The van der Waals surface area contributed by atoms with Gasteiger partial charge in [-0.15, -0.1) is 0 Å². The van der Waals surface area contributed by atoms with E-state index < -0.39 is 9.84 Å². The zero-order valence-corrected chi connectivity index (χ0v) is 12.3. The number of benzene rings is 1. The second kappa shape index (κ2) is 6.88. The lowest BCUT2D eigenvalue weighted by atomic mass is 10.2. The van der Waals surface area contributed by atoms with Crippen molar-refractivity contribution in [1.82, 2.24) is 0 Å². The lowest BCUT2D eigenvalue weighted by molar-refractivity contribution is 0.0520. The van der Waals surface area contributed by atoms with Crippen molar-refractivity contribution >= 4 is 15.7 Å². The van der Waals surface area contributed by atoms with Crippen molar-refractivity contribution in [3.05, 3.63) is 29.8 Å². The van der Waals surface area contributed by atoms with E-state index in [0.29, 0.717) is 18.8 Å². The van der Waals surface area contributed by atoms with Crippen LogP contribution in [0.1, 0.15) is 12.0 Å². The van der Waals surface area contributed by atoms with Crippen LogP contribution >= 0.6 is 0 Å². The van der Waals surface area contributed by atoms with Gasteiger partial charge in [0.1, 0.15) is 0 Å². The van der Waals surface area contributed by atoms with Gasteiger partial charge in [0.15, 0.2) is 15.7 Å². The van der Waals surface area contributed by atoms with E-state index in [4.69, 9.17) is 20.4 Å². The maximum atomic E-state index is 12.1. The van der Waals surface area contributed by atoms with Gasteiger partial charge in [-0.05, 0) is 30.7 Å². The molecule has 1 heterocycles. The molecule has 1 saturated heterocycles. The van der Waals surface area contributed by atoms with Gasteiger partial charge in [0.05, 0.1) is 30.0 Å². The third-order valence-electron chi connectivity index (χ3n) is 3.21. The molecule has 1 unspecified atom stereocenters. The van der Waals surface area contributed by atoms with E-state index in [0.717, 1.165) is 6.42 Å². The Bertz CT molecular complexity index is 591. The summed E-state index contributed by atoms with van der Waals surface area (Å²) in [5.41, 5.74) is 5.88. The van der Waals surface area contributed by atoms with Crippen LogP contribution in [0.25, 0.3) is 0 Å². The molecule has 0 amide bonds. The second-order valence-corrected chi connectivity index (χ2v) is 6.79. The highest BCUT2D eigenvalue weighted by atomic mass is 32.2. The number of hydrogen-bond donors (Lipinski definition) is 2. The molecule has 7 nitrogen and oxygen atoms in total. The molecule has 0 bridgehead atoms. The molecule has 0 aliphatic carbocycles. The number of hydrogen-bond acceptors (Lipinski definition) is 6. The summed E-state index contributed by atoms with van der Waals surface area (Å²) in [6, 6.07) is 5.85. The minimum Gasteiger partial charge on any atom is -0.409 e. The summed E-state index contributed by atoms with van der Waals surface area (Å²) in [5, 5.41) is 11.4. The van der Waals surface area contributed by atoms with Gasteiger partial charge in [-0.3, -0.25) is 0 Å². The van der Waals surface area contributed by atoms with Crippen LogP contribution in [-0.2, 0) is 19.3 Å². The zero-order valence-electron chi connectivity index (χ0n) is 11.4. The smallest absolute Gasteiger partial charge is 0.180 e. The Hall–Kier alpha value is -1.64. The number of rotatable bonds is 6. The Morgan fingerprint density at radius 1 is 1.43 bits per heavy atom. The molecule has 1 aliphatic rings. The molecule has 1 fully saturated rings. The van der Waals surface area contributed by atoms with Crippen molar-refractivity contribution in [3.63, 3.8) is 0 Å². The average molecular weight is 314 g/mol. The molecule has 1 aliphatic heterocycles. The minimum absolute atomic E-state index is 0.0110. The number of nitrogens with zero attached hydrogens (tertiary/aromatic N) is 1. The van der Waals surface area contributed by atoms with Crippen molar-refractivity contribution in [2.75, 3.05) is 25.6 Å². The molecule has 0 radical (unpaired) electrons. The molecule has 1 aromatic rings. The van der Waals surface area contributed by atoms with Crippen LogP contribution in [0.3, 0.4) is 0 Å². The largest absolute Gasteiger partial charge is 0.409 e. The summed E-state index contributed by atoms with van der Waals surface area (Å²) in [6.45, 7) is 1.32. The topological polar surface area (TPSA) is 111 Å². The van der Waals surface area contributed by atoms with Gasteiger partial charge in [0.2, 0.25) is 0 Å². The molecular weight excluding hydrogens is 296 g/mol. The Balaban J connectivity index is 1.95. The molecular formula is C13H18N2O5S. The van der Waals surface area contributed by atoms with Gasteiger partial charge < -0.3 is 20.4 Å². The van der Waals surface area contributed by atoms with Crippen LogP contribution in [0.2, 0.25) is 0 Å². The third kappa shape index (κ3) is 4.16. The minimum atomic E-state index is -3.41. The summed E-state index contributed by atoms with van der Waals surface area (Å²) in [4.78, 5) is 0.184. The molecule has 2 rings (SSSR count). The fourth-order valence-electron chi connectivity index (χ4n) is 1.98. The fraction of sp³-hybridized carbons (Fsp3) is 0.462. The highest BCUT2D eigenvalue weighted by Crippen LogP contribution is 2.14. The molecule has 3 N–H and O–H groups in total. The predicted octanol–water partition coefficient (Wildman–Crippen LogP) is 0.360. The maximum absolute atomic E-state index is 12.1. The number of amidine groups is 1. The summed E-state index contributed by atoms with van der Waals surface area (Å²) < 4.78 is 34.9. The van der Waals surface area contributed by atoms with Gasteiger partial charge in [0, 0.05) is 12.2 Å².